The summed E-state index contributed by atoms with van der Waals surface area (Å²) in [5, 5.41) is 0. The summed E-state index contributed by atoms with van der Waals surface area (Å²) in [7, 11) is 0. The molecule has 0 bridgehead atoms. The van der Waals surface area contributed by atoms with Crippen LogP contribution in [0.3, 0.4) is 0 Å². The van der Waals surface area contributed by atoms with Gasteiger partial charge in [0.1, 0.15) is 11.5 Å². The first-order valence-electron chi connectivity index (χ1n) is 14.7. The molecule has 0 N–H and O–H groups in total. The van der Waals surface area contributed by atoms with Crippen molar-refractivity contribution in [2.24, 2.45) is 0 Å². The molecule has 0 saturated carbocycles. The van der Waals surface area contributed by atoms with Crippen LogP contribution in [-0.4, -0.2) is 13.7 Å². The topological polar surface area (TPSA) is 24.9 Å². The molecule has 0 unspecified atom stereocenters. The molecule has 13 rings (SSSR count). The summed E-state index contributed by atoms with van der Waals surface area (Å²) >= 11 is 0. The number of para-hydroxylation sites is 2. The summed E-state index contributed by atoms with van der Waals surface area (Å²) in [4.78, 5) is 5.31. The summed E-state index contributed by atoms with van der Waals surface area (Å²) in [6.07, 6.45) is 0. The van der Waals surface area contributed by atoms with Gasteiger partial charge in [-0.25, -0.2) is 0 Å². The highest BCUT2D eigenvalue weighted by Gasteiger charge is 2.58. The van der Waals surface area contributed by atoms with E-state index in [1.165, 1.54) is 89.1 Å². The first kappa shape index (κ1) is 19.7. The third-order valence-corrected chi connectivity index (χ3v) is 10.7. The van der Waals surface area contributed by atoms with E-state index in [4.69, 9.17) is 9.47 Å². The lowest BCUT2D eigenvalue weighted by Gasteiger charge is -2.55. The second kappa shape index (κ2) is 5.97. The molecule has 0 amide bonds. The average molecular weight is 530 g/mol. The molecule has 0 aromatic heterocycles. The molecule has 7 aliphatic rings. The standard InChI is InChI=1S/C36H16B2N2O2/c1-5-17-23-15-13-19-21-7-3-11-27-33(21)39-34-22(8-4-12-28(34)42-27)20-14-16-24-18-6-2-10-26-30(18)37(29(17)25(9-1)41-26)40-35(23)31(19)38(39)32(20)36(24)40/h1-16H. The number of anilines is 4. The molecule has 6 heteroatoms. The van der Waals surface area contributed by atoms with Gasteiger partial charge < -0.3 is 19.1 Å². The van der Waals surface area contributed by atoms with E-state index in [1.807, 2.05) is 0 Å². The van der Waals surface area contributed by atoms with Crippen LogP contribution in [0.5, 0.6) is 23.0 Å². The van der Waals surface area contributed by atoms with Crippen LogP contribution in [0.1, 0.15) is 0 Å². The monoisotopic (exact) mass is 530 g/mol. The molecule has 0 saturated heterocycles. The summed E-state index contributed by atoms with van der Waals surface area (Å²) in [5.74, 6) is 3.81. The molecule has 0 aliphatic carbocycles. The number of rotatable bonds is 0. The van der Waals surface area contributed by atoms with Crippen molar-refractivity contribution in [2.45, 2.75) is 0 Å². The van der Waals surface area contributed by atoms with E-state index >= 15 is 0 Å². The number of hydrogen-bond acceptors (Lipinski definition) is 4. The minimum Gasteiger partial charge on any atom is -0.458 e. The van der Waals surface area contributed by atoms with Crippen LogP contribution in [0.25, 0.3) is 44.5 Å². The SMILES string of the molecule is c1cc2c3c(c1)-c1ccc4c5c1N1B3c3c(cccc3-c3ccc6c(c31)B5N1c3c(cccc3-4)Oc3cccc-6c31)O2. The Morgan fingerprint density at radius 1 is 0.333 bits per heavy atom. The Hall–Kier alpha value is -5.35. The third-order valence-electron chi connectivity index (χ3n) is 10.7. The van der Waals surface area contributed by atoms with E-state index in [0.29, 0.717) is 0 Å². The zero-order valence-corrected chi connectivity index (χ0v) is 22.1. The highest BCUT2D eigenvalue weighted by atomic mass is 16.5. The number of nitrogens with zero attached hydrogens (tertiary/aromatic N) is 2. The fourth-order valence-electron chi connectivity index (χ4n) is 9.42. The van der Waals surface area contributed by atoms with Crippen LogP contribution in [0.4, 0.5) is 22.7 Å². The Balaban J connectivity index is 1.32. The van der Waals surface area contributed by atoms with E-state index < -0.39 is 0 Å². The van der Waals surface area contributed by atoms with E-state index in [1.54, 1.807) is 0 Å². The second-order valence-electron chi connectivity index (χ2n) is 12.3. The van der Waals surface area contributed by atoms with Crippen molar-refractivity contribution < 1.29 is 9.47 Å². The Kier molecular flexibility index (Phi) is 2.80. The van der Waals surface area contributed by atoms with Gasteiger partial charge in [-0.1, -0.05) is 72.8 Å². The van der Waals surface area contributed by atoms with Gasteiger partial charge in [-0.3, -0.25) is 0 Å². The van der Waals surface area contributed by atoms with Crippen LogP contribution in [0, 0.1) is 0 Å². The van der Waals surface area contributed by atoms with Gasteiger partial charge in [0, 0.05) is 44.6 Å². The summed E-state index contributed by atoms with van der Waals surface area (Å²) in [6.45, 7) is 0.136. The largest absolute Gasteiger partial charge is 0.458 e. The Labute approximate surface area is 241 Å². The normalized spacial score (nSPS) is 15.8. The minimum absolute atomic E-state index is 0.0663. The van der Waals surface area contributed by atoms with Gasteiger partial charge in [0.2, 0.25) is 0 Å². The molecule has 7 aliphatic heterocycles. The van der Waals surface area contributed by atoms with Crippen LogP contribution in [-0.2, 0) is 0 Å². The van der Waals surface area contributed by atoms with E-state index in [2.05, 4.69) is 107 Å². The predicted octanol–water partition coefficient (Wildman–Crippen LogP) is 6.02. The van der Waals surface area contributed by atoms with Crippen molar-refractivity contribution in [3.8, 4) is 67.5 Å². The van der Waals surface area contributed by atoms with Gasteiger partial charge in [0.05, 0.1) is 11.4 Å². The first-order chi connectivity index (χ1) is 20.9. The smallest absolute Gasteiger partial charge is 0.337 e. The van der Waals surface area contributed by atoms with Crippen LogP contribution in [0.15, 0.2) is 97.1 Å². The summed E-state index contributed by atoms with van der Waals surface area (Å²) in [6, 6.07) is 35.7. The van der Waals surface area contributed by atoms with Gasteiger partial charge in [0.25, 0.3) is 0 Å². The molecule has 0 radical (unpaired) electrons. The van der Waals surface area contributed by atoms with E-state index in [9.17, 15) is 0 Å². The zero-order chi connectivity index (χ0) is 26.6. The molecule has 42 heavy (non-hydrogen) atoms. The predicted molar refractivity (Wildman–Crippen MR) is 169 cm³/mol. The van der Waals surface area contributed by atoms with Crippen LogP contribution < -0.4 is 40.9 Å². The first-order valence-corrected chi connectivity index (χ1v) is 14.7. The fraction of sp³-hybridized carbons (Fsp3) is 0. The lowest BCUT2D eigenvalue weighted by atomic mass is 9.35. The third kappa shape index (κ3) is 1.78. The number of hydrogen-bond donors (Lipinski definition) is 0. The van der Waals surface area contributed by atoms with E-state index in [0.717, 1.165) is 23.0 Å². The maximum absolute atomic E-state index is 6.65. The highest BCUT2D eigenvalue weighted by molar-refractivity contribution is 7.01. The molecule has 6 aromatic carbocycles. The molecule has 0 atom stereocenters. The number of benzene rings is 6. The molecule has 0 spiro atoms. The van der Waals surface area contributed by atoms with Gasteiger partial charge >= 0.3 is 13.7 Å². The van der Waals surface area contributed by atoms with Crippen molar-refractivity contribution >= 4 is 58.3 Å². The number of fused-ring (bicyclic) bond motifs is 4. The molecule has 4 nitrogen and oxygen atoms in total. The molecule has 0 fully saturated rings. The Morgan fingerprint density at radius 3 is 1.24 bits per heavy atom. The molecule has 188 valence electrons. The molecular weight excluding hydrogens is 514 g/mol. The maximum atomic E-state index is 6.65. The van der Waals surface area contributed by atoms with Crippen molar-refractivity contribution in [2.75, 3.05) is 9.62 Å². The minimum atomic E-state index is 0.0663. The maximum Gasteiger partial charge on any atom is 0.337 e. The molecule has 7 heterocycles. The van der Waals surface area contributed by atoms with Crippen molar-refractivity contribution in [1.82, 2.24) is 0 Å². The molecule has 6 aromatic rings. The van der Waals surface area contributed by atoms with Gasteiger partial charge in [-0.05, 0) is 57.4 Å². The average Bonchev–Trinajstić information content (AvgIpc) is 3.04. The van der Waals surface area contributed by atoms with Crippen LogP contribution >= 0.6 is 0 Å². The lowest BCUT2D eigenvalue weighted by molar-refractivity contribution is 0.478. The quantitative estimate of drug-likeness (QED) is 0.224. The lowest BCUT2D eigenvalue weighted by Crippen LogP contribution is -2.71. The number of ether oxygens (including phenoxy) is 2. The second-order valence-corrected chi connectivity index (χ2v) is 12.3. The Morgan fingerprint density at radius 2 is 0.690 bits per heavy atom. The van der Waals surface area contributed by atoms with Gasteiger partial charge in [-0.15, -0.1) is 0 Å². The Bertz CT molecular complexity index is 2090. The van der Waals surface area contributed by atoms with Crippen molar-refractivity contribution in [1.29, 1.82) is 0 Å². The molecular formula is C36H16B2N2O2. The van der Waals surface area contributed by atoms with Crippen LogP contribution in [0.2, 0.25) is 0 Å². The zero-order valence-electron chi connectivity index (χ0n) is 22.1. The summed E-state index contributed by atoms with van der Waals surface area (Å²) < 4.78 is 13.3. The van der Waals surface area contributed by atoms with E-state index in [-0.39, 0.29) is 13.7 Å². The van der Waals surface area contributed by atoms with Gasteiger partial charge in [-0.2, -0.15) is 0 Å². The van der Waals surface area contributed by atoms with Gasteiger partial charge in [0.15, 0.2) is 11.5 Å². The summed E-state index contributed by atoms with van der Waals surface area (Å²) in [5.41, 5.74) is 20.7. The fourth-order valence-corrected chi connectivity index (χ4v) is 9.42. The van der Waals surface area contributed by atoms with Crippen molar-refractivity contribution in [3.63, 3.8) is 0 Å². The van der Waals surface area contributed by atoms with Crippen molar-refractivity contribution in [3.05, 3.63) is 97.1 Å². The highest BCUT2D eigenvalue weighted by Crippen LogP contribution is 2.61.